The highest BCUT2D eigenvalue weighted by Gasteiger charge is 2.30. The minimum absolute atomic E-state index is 0.246. The number of hydrogen-bond acceptors (Lipinski definition) is 7. The van der Waals surface area contributed by atoms with Gasteiger partial charge in [0.15, 0.2) is 23.2 Å². The Labute approximate surface area is 191 Å². The van der Waals surface area contributed by atoms with Crippen molar-refractivity contribution in [1.82, 2.24) is 4.98 Å². The fraction of sp³-hybridized carbons (Fsp3) is 0.227. The molecule has 0 spiro atoms. The summed E-state index contributed by atoms with van der Waals surface area (Å²) < 4.78 is 53.7. The van der Waals surface area contributed by atoms with Gasteiger partial charge in [-0.05, 0) is 29.8 Å². The summed E-state index contributed by atoms with van der Waals surface area (Å²) in [5.74, 6) is -0.524. The zero-order valence-corrected chi connectivity index (χ0v) is 18.4. The summed E-state index contributed by atoms with van der Waals surface area (Å²) in [5.41, 5.74) is 0.0246. The highest BCUT2D eigenvalue weighted by Crippen LogP contribution is 2.31. The number of amides is 1. The van der Waals surface area contributed by atoms with Gasteiger partial charge in [-0.25, -0.2) is 9.78 Å². The molecular weight excluding hydrogens is 461 g/mol. The third-order valence-electron chi connectivity index (χ3n) is 4.41. The smallest absolute Gasteiger partial charge is 0.416 e. The van der Waals surface area contributed by atoms with Crippen LogP contribution in [0.4, 0.5) is 18.3 Å². The lowest BCUT2D eigenvalue weighted by atomic mass is 10.1. The number of nitrogens with one attached hydrogen (secondary N) is 1. The molecule has 0 saturated carbocycles. The van der Waals surface area contributed by atoms with Crippen LogP contribution in [0.25, 0.3) is 0 Å². The average molecular weight is 480 g/mol. The van der Waals surface area contributed by atoms with Crippen LogP contribution in [0.3, 0.4) is 0 Å². The van der Waals surface area contributed by atoms with Gasteiger partial charge < -0.3 is 14.2 Å². The Kier molecular flexibility index (Phi) is 7.54. The van der Waals surface area contributed by atoms with Crippen LogP contribution in [-0.2, 0) is 22.1 Å². The number of aromatic nitrogens is 1. The minimum Gasteiger partial charge on any atom is -0.493 e. The van der Waals surface area contributed by atoms with E-state index < -0.39 is 23.6 Å². The number of nitrogens with zero attached hydrogens (tertiary/aromatic N) is 1. The summed E-state index contributed by atoms with van der Waals surface area (Å²) >= 11 is 1.16. The molecule has 1 heterocycles. The minimum atomic E-state index is -4.41. The second-order valence-electron chi connectivity index (χ2n) is 6.69. The molecule has 0 bridgehead atoms. The molecule has 0 radical (unpaired) electrons. The quantitative estimate of drug-likeness (QED) is 0.476. The van der Waals surface area contributed by atoms with Crippen molar-refractivity contribution in [1.29, 1.82) is 0 Å². The number of benzene rings is 2. The molecule has 0 unspecified atom stereocenters. The van der Waals surface area contributed by atoms with Gasteiger partial charge in [-0.3, -0.25) is 10.1 Å². The van der Waals surface area contributed by atoms with Gasteiger partial charge in [-0.2, -0.15) is 13.2 Å². The van der Waals surface area contributed by atoms with E-state index in [0.29, 0.717) is 15.6 Å². The first-order valence-electron chi connectivity index (χ1n) is 9.49. The molecule has 0 aliphatic heterocycles. The van der Waals surface area contributed by atoms with Crippen LogP contribution in [0.2, 0.25) is 0 Å². The van der Waals surface area contributed by atoms with E-state index >= 15 is 0 Å². The van der Waals surface area contributed by atoms with E-state index in [1.165, 1.54) is 44.7 Å². The van der Waals surface area contributed by atoms with E-state index in [9.17, 15) is 22.8 Å². The van der Waals surface area contributed by atoms with E-state index in [0.717, 1.165) is 23.5 Å². The molecule has 0 fully saturated rings. The predicted octanol–water partition coefficient (Wildman–Crippen LogP) is 4.57. The Bertz CT molecular complexity index is 1150. The van der Waals surface area contributed by atoms with Gasteiger partial charge in [0.25, 0.3) is 5.91 Å². The molecule has 0 aliphatic carbocycles. The number of rotatable bonds is 8. The normalized spacial score (nSPS) is 11.1. The predicted molar refractivity (Wildman–Crippen MR) is 115 cm³/mol. The summed E-state index contributed by atoms with van der Waals surface area (Å²) in [7, 11) is 2.63. The van der Waals surface area contributed by atoms with Gasteiger partial charge in [0.05, 0.1) is 19.8 Å². The summed E-state index contributed by atoms with van der Waals surface area (Å²) in [4.78, 5) is 28.6. The van der Waals surface area contributed by atoms with Gasteiger partial charge in [0, 0.05) is 23.1 Å². The number of esters is 1. The van der Waals surface area contributed by atoms with Crippen LogP contribution >= 0.6 is 11.3 Å². The van der Waals surface area contributed by atoms with Gasteiger partial charge in [0.2, 0.25) is 0 Å². The van der Waals surface area contributed by atoms with Crippen molar-refractivity contribution in [2.75, 3.05) is 26.1 Å². The number of ether oxygens (including phenoxy) is 3. The summed E-state index contributed by atoms with van der Waals surface area (Å²) in [5, 5.41) is 2.95. The molecule has 1 N–H and O–H groups in total. The Hall–Kier alpha value is -3.60. The third kappa shape index (κ3) is 6.45. The zero-order chi connectivity index (χ0) is 24.0. The Morgan fingerprint density at radius 1 is 1.09 bits per heavy atom. The van der Waals surface area contributed by atoms with E-state index in [-0.39, 0.29) is 30.1 Å². The Balaban J connectivity index is 1.66. The van der Waals surface area contributed by atoms with E-state index in [4.69, 9.17) is 9.47 Å². The van der Waals surface area contributed by atoms with Gasteiger partial charge in [-0.1, -0.05) is 18.2 Å². The maximum absolute atomic E-state index is 12.9. The van der Waals surface area contributed by atoms with Gasteiger partial charge >= 0.3 is 12.1 Å². The molecule has 3 aromatic rings. The fourth-order valence-electron chi connectivity index (χ4n) is 2.80. The van der Waals surface area contributed by atoms with Crippen molar-refractivity contribution in [3.05, 3.63) is 70.2 Å². The van der Waals surface area contributed by atoms with E-state index in [1.807, 2.05) is 0 Å². The molecule has 1 amide bonds. The lowest BCUT2D eigenvalue weighted by Crippen LogP contribution is -2.14. The van der Waals surface area contributed by atoms with E-state index in [2.05, 4.69) is 15.0 Å². The number of alkyl halides is 3. The molecule has 174 valence electrons. The summed E-state index contributed by atoms with van der Waals surface area (Å²) in [6.07, 6.45) is -2.66. The molecular formula is C22H19F3N2O5S. The van der Waals surface area contributed by atoms with E-state index in [1.54, 1.807) is 6.07 Å². The van der Waals surface area contributed by atoms with Crippen molar-refractivity contribution in [2.45, 2.75) is 12.6 Å². The lowest BCUT2D eigenvalue weighted by Gasteiger charge is -2.11. The Morgan fingerprint density at radius 2 is 1.88 bits per heavy atom. The molecule has 0 saturated heterocycles. The maximum Gasteiger partial charge on any atom is 0.416 e. The van der Waals surface area contributed by atoms with Crippen molar-refractivity contribution < 1.29 is 37.0 Å². The number of carbonyl (C=O) groups is 2. The average Bonchev–Trinajstić information content (AvgIpc) is 3.23. The summed E-state index contributed by atoms with van der Waals surface area (Å²) in [6, 6.07) is 9.48. The second kappa shape index (κ2) is 10.3. The van der Waals surface area contributed by atoms with Crippen LogP contribution in [-0.4, -0.2) is 37.7 Å². The molecule has 3 rings (SSSR count). The highest BCUT2D eigenvalue weighted by molar-refractivity contribution is 7.15. The SMILES string of the molecule is COC(=O)COc1ccc(C(=O)Nc2ncc(Cc3cccc(C(F)(F)F)c3)s2)cc1OC. The lowest BCUT2D eigenvalue weighted by molar-refractivity contribution is -0.143. The molecule has 7 nitrogen and oxygen atoms in total. The molecule has 1 aromatic heterocycles. The standard InChI is InChI=1S/C22H19F3N2O5S/c1-30-18-10-14(6-7-17(18)32-12-19(28)31-2)20(29)27-21-26-11-16(33-21)9-13-4-3-5-15(8-13)22(23,24)25/h3-8,10-11H,9,12H2,1-2H3,(H,26,27,29). The molecule has 0 aliphatic rings. The first kappa shape index (κ1) is 24.1. The molecule has 11 heteroatoms. The number of halogens is 3. The Morgan fingerprint density at radius 3 is 2.58 bits per heavy atom. The molecule has 33 heavy (non-hydrogen) atoms. The van der Waals surface area contributed by atoms with Crippen molar-refractivity contribution in [3.8, 4) is 11.5 Å². The maximum atomic E-state index is 12.9. The first-order chi connectivity index (χ1) is 15.7. The van der Waals surface area contributed by atoms with Crippen LogP contribution in [0.15, 0.2) is 48.7 Å². The zero-order valence-electron chi connectivity index (χ0n) is 17.6. The second-order valence-corrected chi connectivity index (χ2v) is 7.81. The van der Waals surface area contributed by atoms with Crippen molar-refractivity contribution >= 4 is 28.3 Å². The van der Waals surface area contributed by atoms with Gasteiger partial charge in [-0.15, -0.1) is 11.3 Å². The topological polar surface area (TPSA) is 86.8 Å². The van der Waals surface area contributed by atoms with Crippen molar-refractivity contribution in [3.63, 3.8) is 0 Å². The number of carbonyl (C=O) groups excluding carboxylic acids is 2. The molecule has 2 aromatic carbocycles. The number of hydrogen-bond donors (Lipinski definition) is 1. The largest absolute Gasteiger partial charge is 0.493 e. The van der Waals surface area contributed by atoms with Crippen LogP contribution in [0, 0.1) is 0 Å². The van der Waals surface area contributed by atoms with Crippen LogP contribution in [0.1, 0.15) is 26.4 Å². The fourth-order valence-corrected chi connectivity index (χ4v) is 3.64. The molecule has 0 atom stereocenters. The van der Waals surface area contributed by atoms with Crippen LogP contribution < -0.4 is 14.8 Å². The number of thiazole rings is 1. The van der Waals surface area contributed by atoms with Crippen molar-refractivity contribution in [2.24, 2.45) is 0 Å². The highest BCUT2D eigenvalue weighted by atomic mass is 32.1. The third-order valence-corrected chi connectivity index (χ3v) is 5.32. The number of methoxy groups -OCH3 is 2. The monoisotopic (exact) mass is 480 g/mol. The first-order valence-corrected chi connectivity index (χ1v) is 10.3. The van der Waals surface area contributed by atoms with Gasteiger partial charge in [0.1, 0.15) is 0 Å². The number of anilines is 1. The summed E-state index contributed by atoms with van der Waals surface area (Å²) in [6.45, 7) is -0.313. The van der Waals surface area contributed by atoms with Crippen LogP contribution in [0.5, 0.6) is 11.5 Å².